The lowest BCUT2D eigenvalue weighted by Crippen LogP contribution is -2.30. The highest BCUT2D eigenvalue weighted by molar-refractivity contribution is 7.19. The maximum absolute atomic E-state index is 11.7. The van der Waals surface area contributed by atoms with E-state index in [9.17, 15) is 4.79 Å². The van der Waals surface area contributed by atoms with Crippen LogP contribution in [0.1, 0.15) is 40.9 Å². The number of allylic oxidation sites excluding steroid dienone is 2. The van der Waals surface area contributed by atoms with Crippen molar-refractivity contribution in [3.63, 3.8) is 0 Å². The Morgan fingerprint density at radius 2 is 2.16 bits per heavy atom. The van der Waals surface area contributed by atoms with E-state index in [1.165, 1.54) is 42.6 Å². The van der Waals surface area contributed by atoms with Crippen LogP contribution in [0.15, 0.2) is 5.70 Å². The first-order chi connectivity index (χ1) is 9.13. The van der Waals surface area contributed by atoms with Gasteiger partial charge < -0.3 is 10.5 Å². The average Bonchev–Trinajstić information content (AvgIpc) is 2.75. The maximum Gasteiger partial charge on any atom is 0.350 e. The number of ether oxygens (including phenoxy) is 1. The highest BCUT2D eigenvalue weighted by atomic mass is 32.1. The fourth-order valence-electron chi connectivity index (χ4n) is 2.82. The van der Waals surface area contributed by atoms with Crippen molar-refractivity contribution in [1.82, 2.24) is 5.01 Å². The van der Waals surface area contributed by atoms with Crippen molar-refractivity contribution in [2.24, 2.45) is 0 Å². The van der Waals surface area contributed by atoms with E-state index < -0.39 is 0 Å². The molecule has 1 aliphatic carbocycles. The van der Waals surface area contributed by atoms with E-state index in [1.807, 2.05) is 12.1 Å². The molecule has 0 amide bonds. The minimum absolute atomic E-state index is 0.362. The number of thiophene rings is 1. The molecule has 3 rings (SSSR count). The fraction of sp³-hybridized carbons (Fsp3) is 0.462. The van der Waals surface area contributed by atoms with E-state index in [0.717, 1.165) is 23.4 Å². The van der Waals surface area contributed by atoms with Gasteiger partial charge in [0.2, 0.25) is 0 Å². The zero-order valence-electron chi connectivity index (χ0n) is 11.1. The highest BCUT2D eigenvalue weighted by Gasteiger charge is 2.31. The van der Waals surface area contributed by atoms with E-state index in [-0.39, 0.29) is 5.97 Å². The molecule has 2 aliphatic rings. The van der Waals surface area contributed by atoms with Crippen LogP contribution < -0.4 is 11.2 Å². The largest absolute Gasteiger partial charge is 0.465 e. The van der Waals surface area contributed by atoms with Gasteiger partial charge in [-0.1, -0.05) is 0 Å². The number of nitrogens with two attached hydrogens (primary N) is 1. The van der Waals surface area contributed by atoms with Gasteiger partial charge in [-0.3, -0.25) is 10.4 Å². The lowest BCUT2D eigenvalue weighted by atomic mass is 9.90. The van der Waals surface area contributed by atoms with E-state index >= 15 is 0 Å². The van der Waals surface area contributed by atoms with Gasteiger partial charge in [0.15, 0.2) is 0 Å². The smallest absolute Gasteiger partial charge is 0.350 e. The van der Waals surface area contributed by atoms with Crippen molar-refractivity contribution in [3.8, 4) is 0 Å². The minimum atomic E-state index is -0.362. The number of nitrogens with zero attached hydrogens (tertiary/aromatic N) is 1. The molecule has 19 heavy (non-hydrogen) atoms. The topological polar surface area (TPSA) is 67.6 Å². The number of hydrogen-bond acceptors (Lipinski definition) is 6. The highest BCUT2D eigenvalue weighted by Crippen LogP contribution is 2.48. The fourth-order valence-corrected chi connectivity index (χ4v) is 3.92. The summed E-state index contributed by atoms with van der Waals surface area (Å²) in [5, 5.41) is 2.99. The van der Waals surface area contributed by atoms with Gasteiger partial charge in [-0.15, -0.1) is 11.3 Å². The summed E-state index contributed by atoms with van der Waals surface area (Å²) >= 11 is 1.37. The van der Waals surface area contributed by atoms with Crippen LogP contribution in [0.5, 0.6) is 0 Å². The Bertz CT molecular complexity index is 577. The summed E-state index contributed by atoms with van der Waals surface area (Å²) in [6.07, 6.45) is 4.46. The molecule has 0 unspecified atom stereocenters. The van der Waals surface area contributed by atoms with Crippen molar-refractivity contribution in [2.75, 3.05) is 25.3 Å². The van der Waals surface area contributed by atoms with Crippen LogP contribution in [0, 0.1) is 0 Å². The van der Waals surface area contributed by atoms with Crippen molar-refractivity contribution < 1.29 is 9.53 Å². The van der Waals surface area contributed by atoms with Gasteiger partial charge in [0.05, 0.1) is 12.8 Å². The third kappa shape index (κ3) is 1.78. The number of anilines is 2. The molecule has 3 N–H and O–H groups in total. The molecule has 1 aromatic heterocycles. The summed E-state index contributed by atoms with van der Waals surface area (Å²) in [4.78, 5) is 12.2. The Morgan fingerprint density at radius 3 is 2.89 bits per heavy atom. The molecule has 0 atom stereocenters. The van der Waals surface area contributed by atoms with Crippen molar-refractivity contribution >= 4 is 33.6 Å². The second kappa shape index (κ2) is 4.45. The van der Waals surface area contributed by atoms with E-state index in [1.54, 1.807) is 0 Å². The predicted octanol–water partition coefficient (Wildman–Crippen LogP) is 2.67. The zero-order chi connectivity index (χ0) is 13.6. The molecular weight excluding hydrogens is 262 g/mol. The monoisotopic (exact) mass is 279 g/mol. The third-order valence-corrected chi connectivity index (χ3v) is 4.82. The summed E-state index contributed by atoms with van der Waals surface area (Å²) < 4.78 is 4.79. The van der Waals surface area contributed by atoms with Crippen LogP contribution in [0.3, 0.4) is 0 Å². The molecule has 5 nitrogen and oxygen atoms in total. The molecular formula is C13H17N3O2S. The average molecular weight is 279 g/mol. The molecule has 0 aromatic carbocycles. The second-order valence-electron chi connectivity index (χ2n) is 4.84. The van der Waals surface area contributed by atoms with Crippen LogP contribution >= 0.6 is 11.3 Å². The number of fused-ring (bicyclic) bond motifs is 2. The molecule has 0 saturated heterocycles. The van der Waals surface area contributed by atoms with Gasteiger partial charge in [0.25, 0.3) is 0 Å². The second-order valence-corrected chi connectivity index (χ2v) is 5.86. The SMILES string of the molecule is COC(=O)c1sc2c(c1N)C1=C(CCCC1)N(C)N2. The predicted molar refractivity (Wildman–Crippen MR) is 76.8 cm³/mol. The van der Waals surface area contributed by atoms with Gasteiger partial charge in [-0.05, 0) is 31.3 Å². The third-order valence-electron chi connectivity index (χ3n) is 3.73. The van der Waals surface area contributed by atoms with Gasteiger partial charge in [0, 0.05) is 18.3 Å². The Labute approximate surface area is 116 Å². The quantitative estimate of drug-likeness (QED) is 0.774. The minimum Gasteiger partial charge on any atom is -0.465 e. The summed E-state index contributed by atoms with van der Waals surface area (Å²) in [6, 6.07) is 0. The number of carbonyl (C=O) groups excluding carboxylic acids is 1. The summed E-state index contributed by atoms with van der Waals surface area (Å²) in [7, 11) is 3.39. The zero-order valence-corrected chi connectivity index (χ0v) is 11.9. The molecule has 0 radical (unpaired) electrons. The number of nitrogens with one attached hydrogen (secondary N) is 1. The van der Waals surface area contributed by atoms with Gasteiger partial charge >= 0.3 is 5.97 Å². The Balaban J connectivity index is 2.15. The number of rotatable bonds is 1. The van der Waals surface area contributed by atoms with Crippen LogP contribution in [0.2, 0.25) is 0 Å². The van der Waals surface area contributed by atoms with Gasteiger partial charge in [0.1, 0.15) is 9.88 Å². The number of hydrazine groups is 1. The van der Waals surface area contributed by atoms with Crippen molar-refractivity contribution in [3.05, 3.63) is 16.1 Å². The van der Waals surface area contributed by atoms with Crippen molar-refractivity contribution in [2.45, 2.75) is 25.7 Å². The van der Waals surface area contributed by atoms with Gasteiger partial charge in [-0.2, -0.15) is 0 Å². The lowest BCUT2D eigenvalue weighted by molar-refractivity contribution is 0.0607. The molecule has 1 aromatic rings. The summed E-state index contributed by atoms with van der Waals surface area (Å²) in [5.74, 6) is -0.362. The van der Waals surface area contributed by atoms with Crippen LogP contribution in [0.25, 0.3) is 5.57 Å². The van der Waals surface area contributed by atoms with Crippen LogP contribution in [0.4, 0.5) is 10.7 Å². The molecule has 102 valence electrons. The first kappa shape index (κ1) is 12.3. The summed E-state index contributed by atoms with van der Waals surface area (Å²) in [6.45, 7) is 0. The maximum atomic E-state index is 11.7. The number of esters is 1. The normalized spacial score (nSPS) is 17.7. The Kier molecular flexibility index (Phi) is 2.89. The molecule has 2 heterocycles. The number of methoxy groups -OCH3 is 1. The number of hydrogen-bond donors (Lipinski definition) is 2. The van der Waals surface area contributed by atoms with E-state index in [0.29, 0.717) is 10.6 Å². The van der Waals surface area contributed by atoms with Gasteiger partial charge in [-0.25, -0.2) is 4.79 Å². The van der Waals surface area contributed by atoms with Crippen LogP contribution in [-0.4, -0.2) is 25.1 Å². The Morgan fingerprint density at radius 1 is 1.42 bits per heavy atom. The standard InChI is InChI=1S/C13H17N3O2S/c1-16-8-6-4-3-5-7(8)9-10(14)11(13(17)18-2)19-12(9)15-16/h15H,3-6,14H2,1-2H3. The molecule has 0 saturated carbocycles. The number of carbonyl (C=O) groups is 1. The molecule has 1 aliphatic heterocycles. The first-order valence-corrected chi connectivity index (χ1v) is 7.18. The molecule has 0 spiro atoms. The first-order valence-electron chi connectivity index (χ1n) is 6.36. The van der Waals surface area contributed by atoms with E-state index in [4.69, 9.17) is 10.5 Å². The summed E-state index contributed by atoms with van der Waals surface area (Å²) in [5.41, 5.74) is 13.6. The van der Waals surface area contributed by atoms with Crippen molar-refractivity contribution in [1.29, 1.82) is 0 Å². The molecule has 6 heteroatoms. The Hall–Kier alpha value is -1.69. The molecule has 0 fully saturated rings. The lowest BCUT2D eigenvalue weighted by Gasteiger charge is -2.34. The van der Waals surface area contributed by atoms with E-state index in [2.05, 4.69) is 5.43 Å². The number of nitrogen functional groups attached to an aromatic ring is 1. The molecule has 0 bridgehead atoms. The van der Waals surface area contributed by atoms with Crippen LogP contribution in [-0.2, 0) is 4.74 Å².